The van der Waals surface area contributed by atoms with Gasteiger partial charge in [-0.3, -0.25) is 0 Å². The highest BCUT2D eigenvalue weighted by Gasteiger charge is 2.20. The van der Waals surface area contributed by atoms with Gasteiger partial charge in [0, 0.05) is 0 Å². The molecule has 2 aromatic carbocycles. The number of hydrogen-bond donors (Lipinski definition) is 1. The Labute approximate surface area is 117 Å². The molecule has 2 nitrogen and oxygen atoms in total. The van der Waals surface area contributed by atoms with E-state index in [9.17, 15) is 13.9 Å². The maximum absolute atomic E-state index is 13.7. The minimum Gasteiger partial charge on any atom is -0.491 e. The minimum absolute atomic E-state index is 0.0997. The largest absolute Gasteiger partial charge is 0.491 e. The molecule has 0 aliphatic heterocycles. The summed E-state index contributed by atoms with van der Waals surface area (Å²) in [5, 5.41) is 9.84. The Morgan fingerprint density at radius 1 is 1.11 bits per heavy atom. The Balaban J connectivity index is 2.12. The van der Waals surface area contributed by atoms with Crippen molar-refractivity contribution >= 4 is 15.9 Å². The van der Waals surface area contributed by atoms with Gasteiger partial charge < -0.3 is 9.84 Å². The van der Waals surface area contributed by atoms with E-state index in [4.69, 9.17) is 4.74 Å². The van der Waals surface area contributed by atoms with Crippen molar-refractivity contribution < 1.29 is 18.6 Å². The topological polar surface area (TPSA) is 29.5 Å². The predicted molar refractivity (Wildman–Crippen MR) is 71.0 cm³/mol. The van der Waals surface area contributed by atoms with E-state index in [0.717, 1.165) is 6.07 Å². The SMILES string of the molecule is OC(COc1ccccc1)c1c(F)ccc(Br)c1F. The lowest BCUT2D eigenvalue weighted by Gasteiger charge is -2.14. The summed E-state index contributed by atoms with van der Waals surface area (Å²) in [4.78, 5) is 0. The molecule has 5 heteroatoms. The first-order valence-electron chi connectivity index (χ1n) is 5.59. The van der Waals surface area contributed by atoms with E-state index in [1.807, 2.05) is 6.07 Å². The van der Waals surface area contributed by atoms with Crippen molar-refractivity contribution in [2.75, 3.05) is 6.61 Å². The van der Waals surface area contributed by atoms with E-state index in [0.29, 0.717) is 5.75 Å². The molecule has 2 aromatic rings. The van der Waals surface area contributed by atoms with E-state index in [1.165, 1.54) is 6.07 Å². The Bertz CT molecular complexity index is 561. The number of rotatable bonds is 4. The van der Waals surface area contributed by atoms with Crippen LogP contribution in [0, 0.1) is 11.6 Å². The molecule has 0 saturated carbocycles. The second-order valence-corrected chi connectivity index (χ2v) is 4.75. The van der Waals surface area contributed by atoms with Gasteiger partial charge >= 0.3 is 0 Å². The summed E-state index contributed by atoms with van der Waals surface area (Å²) < 4.78 is 32.6. The van der Waals surface area contributed by atoms with Crippen LogP contribution < -0.4 is 4.74 Å². The molecule has 0 amide bonds. The van der Waals surface area contributed by atoms with Gasteiger partial charge in [0.1, 0.15) is 30.1 Å². The molecule has 2 rings (SSSR count). The molecule has 0 saturated heterocycles. The Morgan fingerprint density at radius 2 is 1.79 bits per heavy atom. The predicted octanol–water partition coefficient (Wildman–Crippen LogP) is 3.84. The molecule has 0 aliphatic rings. The molecule has 0 aliphatic carbocycles. The lowest BCUT2D eigenvalue weighted by molar-refractivity contribution is 0.101. The van der Waals surface area contributed by atoms with Gasteiger partial charge in [-0.05, 0) is 40.2 Å². The van der Waals surface area contributed by atoms with Crippen molar-refractivity contribution in [1.29, 1.82) is 0 Å². The van der Waals surface area contributed by atoms with Crippen molar-refractivity contribution in [2.24, 2.45) is 0 Å². The first-order chi connectivity index (χ1) is 9.09. The molecular formula is C14H11BrF2O2. The standard InChI is InChI=1S/C14H11BrF2O2/c15-10-6-7-11(16)13(14(10)17)12(18)8-19-9-4-2-1-3-5-9/h1-7,12,18H,8H2. The van der Waals surface area contributed by atoms with Crippen LogP contribution >= 0.6 is 15.9 Å². The lowest BCUT2D eigenvalue weighted by Crippen LogP contribution is -2.13. The average Bonchev–Trinajstić information content (AvgIpc) is 2.42. The fourth-order valence-electron chi connectivity index (χ4n) is 1.62. The number of ether oxygens (including phenoxy) is 1. The quantitative estimate of drug-likeness (QED) is 0.864. The van der Waals surface area contributed by atoms with Crippen LogP contribution in [0.15, 0.2) is 46.9 Å². The van der Waals surface area contributed by atoms with E-state index < -0.39 is 23.3 Å². The molecule has 19 heavy (non-hydrogen) atoms. The maximum atomic E-state index is 13.7. The van der Waals surface area contributed by atoms with Crippen LogP contribution in [0.1, 0.15) is 11.7 Å². The van der Waals surface area contributed by atoms with Gasteiger partial charge in [-0.2, -0.15) is 0 Å². The Hall–Kier alpha value is -1.46. The number of aliphatic hydroxyl groups is 1. The molecule has 0 bridgehead atoms. The fourth-order valence-corrected chi connectivity index (χ4v) is 1.97. The van der Waals surface area contributed by atoms with Gasteiger partial charge in [0.05, 0.1) is 10.0 Å². The third kappa shape index (κ3) is 3.30. The second-order valence-electron chi connectivity index (χ2n) is 3.90. The van der Waals surface area contributed by atoms with Gasteiger partial charge in [0.25, 0.3) is 0 Å². The van der Waals surface area contributed by atoms with Crippen LogP contribution in [-0.4, -0.2) is 11.7 Å². The van der Waals surface area contributed by atoms with Crippen molar-refractivity contribution in [2.45, 2.75) is 6.10 Å². The highest BCUT2D eigenvalue weighted by molar-refractivity contribution is 9.10. The van der Waals surface area contributed by atoms with Crippen molar-refractivity contribution in [3.8, 4) is 5.75 Å². The van der Waals surface area contributed by atoms with Gasteiger partial charge in [-0.15, -0.1) is 0 Å². The Kier molecular flexibility index (Phi) is 4.50. The van der Waals surface area contributed by atoms with Gasteiger partial charge in [0.15, 0.2) is 0 Å². The molecule has 0 fully saturated rings. The average molecular weight is 329 g/mol. The highest BCUT2D eigenvalue weighted by atomic mass is 79.9. The molecule has 0 radical (unpaired) electrons. The number of hydrogen-bond acceptors (Lipinski definition) is 2. The molecular weight excluding hydrogens is 318 g/mol. The van der Waals surface area contributed by atoms with Gasteiger partial charge in [-0.1, -0.05) is 18.2 Å². The van der Waals surface area contributed by atoms with Crippen molar-refractivity contribution in [1.82, 2.24) is 0 Å². The van der Waals surface area contributed by atoms with E-state index in [1.54, 1.807) is 24.3 Å². The summed E-state index contributed by atoms with van der Waals surface area (Å²) >= 11 is 2.95. The zero-order valence-corrected chi connectivity index (χ0v) is 11.4. The summed E-state index contributed by atoms with van der Waals surface area (Å²) in [6, 6.07) is 11.1. The molecule has 1 N–H and O–H groups in total. The summed E-state index contributed by atoms with van der Waals surface area (Å²) in [6.07, 6.45) is -1.38. The summed E-state index contributed by atoms with van der Waals surface area (Å²) in [7, 11) is 0. The van der Waals surface area contributed by atoms with Crippen molar-refractivity contribution in [3.63, 3.8) is 0 Å². The third-order valence-corrected chi connectivity index (χ3v) is 3.18. The maximum Gasteiger partial charge on any atom is 0.146 e. The fraction of sp³-hybridized carbons (Fsp3) is 0.143. The second kappa shape index (κ2) is 6.12. The third-order valence-electron chi connectivity index (χ3n) is 2.56. The summed E-state index contributed by atoms with van der Waals surface area (Å²) in [6.45, 7) is -0.228. The van der Waals surface area contributed by atoms with Crippen LogP contribution in [0.3, 0.4) is 0 Å². The van der Waals surface area contributed by atoms with Crippen LogP contribution in [0.2, 0.25) is 0 Å². The van der Waals surface area contributed by atoms with E-state index >= 15 is 0 Å². The van der Waals surface area contributed by atoms with E-state index in [-0.39, 0.29) is 11.1 Å². The molecule has 1 atom stereocenters. The first kappa shape index (κ1) is 14.0. The van der Waals surface area contributed by atoms with Crippen LogP contribution in [-0.2, 0) is 0 Å². The van der Waals surface area contributed by atoms with Gasteiger partial charge in [0.2, 0.25) is 0 Å². The van der Waals surface area contributed by atoms with Crippen LogP contribution in [0.4, 0.5) is 8.78 Å². The molecule has 1 unspecified atom stereocenters. The smallest absolute Gasteiger partial charge is 0.146 e. The highest BCUT2D eigenvalue weighted by Crippen LogP contribution is 2.27. The summed E-state index contributed by atoms with van der Waals surface area (Å²) in [5.41, 5.74) is -0.398. The zero-order chi connectivity index (χ0) is 13.8. The molecule has 0 spiro atoms. The zero-order valence-electron chi connectivity index (χ0n) is 9.82. The van der Waals surface area contributed by atoms with Crippen LogP contribution in [0.25, 0.3) is 0 Å². The summed E-state index contributed by atoms with van der Waals surface area (Å²) in [5.74, 6) is -1.09. The Morgan fingerprint density at radius 3 is 2.47 bits per heavy atom. The first-order valence-corrected chi connectivity index (χ1v) is 6.38. The lowest BCUT2D eigenvalue weighted by atomic mass is 10.1. The number of aliphatic hydroxyl groups excluding tert-OH is 1. The molecule has 100 valence electrons. The van der Waals surface area contributed by atoms with Gasteiger partial charge in [-0.25, -0.2) is 8.78 Å². The van der Waals surface area contributed by atoms with Crippen LogP contribution in [0.5, 0.6) is 5.75 Å². The monoisotopic (exact) mass is 328 g/mol. The number of benzene rings is 2. The minimum atomic E-state index is -1.38. The number of para-hydroxylation sites is 1. The van der Waals surface area contributed by atoms with E-state index in [2.05, 4.69) is 15.9 Å². The normalized spacial score (nSPS) is 12.2. The van der Waals surface area contributed by atoms with Crippen molar-refractivity contribution in [3.05, 3.63) is 64.1 Å². The number of halogens is 3. The molecule has 0 aromatic heterocycles. The molecule has 0 heterocycles.